The molecule has 0 rings (SSSR count). The Morgan fingerprint density at radius 2 is 1.79 bits per heavy atom. The van der Waals surface area contributed by atoms with Crippen molar-refractivity contribution in [3.8, 4) is 0 Å². The first-order valence-electron chi connectivity index (χ1n) is 5.03. The highest BCUT2D eigenvalue weighted by Crippen LogP contribution is 2.07. The summed E-state index contributed by atoms with van der Waals surface area (Å²) in [5, 5.41) is 0. The molecule has 0 fully saturated rings. The van der Waals surface area contributed by atoms with E-state index in [0.717, 1.165) is 12.8 Å². The molecule has 4 heteroatoms. The maximum Gasteiger partial charge on any atom is 0.358 e. The Morgan fingerprint density at radius 3 is 2.29 bits per heavy atom. The van der Waals surface area contributed by atoms with Crippen LogP contribution in [0.2, 0.25) is 0 Å². The van der Waals surface area contributed by atoms with Gasteiger partial charge in [0.1, 0.15) is 0 Å². The van der Waals surface area contributed by atoms with Crippen LogP contribution in [-0.4, -0.2) is 11.9 Å². The molecule has 0 radical (unpaired) electrons. The van der Waals surface area contributed by atoms with Crippen LogP contribution in [0.15, 0.2) is 0 Å². The number of rotatable bonds is 5. The first-order chi connectivity index (χ1) is 6.61. The van der Waals surface area contributed by atoms with Gasteiger partial charge in [-0.15, -0.1) is 0 Å². The molecule has 14 heavy (non-hydrogen) atoms. The number of hydrogen-bond donors (Lipinski definition) is 0. The largest absolute Gasteiger partial charge is 0.358 e. The third kappa shape index (κ3) is 5.56. The summed E-state index contributed by atoms with van der Waals surface area (Å²) in [6.07, 6.45) is 2.60. The summed E-state index contributed by atoms with van der Waals surface area (Å²) in [5.74, 6) is -1.18. The summed E-state index contributed by atoms with van der Waals surface area (Å²) in [6.45, 7) is 5.58. The van der Waals surface area contributed by atoms with Gasteiger partial charge in [-0.05, 0) is 12.8 Å². The van der Waals surface area contributed by atoms with Gasteiger partial charge in [-0.3, -0.25) is 0 Å². The van der Waals surface area contributed by atoms with Crippen LogP contribution in [-0.2, 0) is 19.4 Å². The fraction of sp³-hybridized carbons (Fsp3) is 0.800. The first kappa shape index (κ1) is 12.9. The number of hydrogen-bond acceptors (Lipinski definition) is 4. The second kappa shape index (κ2) is 7.35. The molecule has 0 saturated heterocycles. The van der Waals surface area contributed by atoms with Gasteiger partial charge in [0, 0.05) is 6.42 Å². The fourth-order valence-corrected chi connectivity index (χ4v) is 0.966. The van der Waals surface area contributed by atoms with Crippen LogP contribution >= 0.6 is 0 Å². The molecule has 0 aliphatic carbocycles. The van der Waals surface area contributed by atoms with Crippen LogP contribution in [0.1, 0.15) is 46.5 Å². The molecule has 4 nitrogen and oxygen atoms in total. The molecule has 0 aromatic carbocycles. The van der Waals surface area contributed by atoms with E-state index in [2.05, 4.69) is 9.78 Å². The van der Waals surface area contributed by atoms with Crippen LogP contribution in [0.25, 0.3) is 0 Å². The van der Waals surface area contributed by atoms with Gasteiger partial charge in [0.15, 0.2) is 0 Å². The molecule has 0 N–H and O–H groups in total. The van der Waals surface area contributed by atoms with Crippen LogP contribution in [0.3, 0.4) is 0 Å². The molecule has 1 atom stereocenters. The second-order valence-corrected chi connectivity index (χ2v) is 3.30. The fourth-order valence-electron chi connectivity index (χ4n) is 0.966. The zero-order chi connectivity index (χ0) is 11.0. The molecule has 0 aromatic rings. The van der Waals surface area contributed by atoms with Gasteiger partial charge >= 0.3 is 11.9 Å². The van der Waals surface area contributed by atoms with E-state index in [4.69, 9.17) is 0 Å². The lowest BCUT2D eigenvalue weighted by Crippen LogP contribution is -2.17. The number of carbonyl (C=O) groups excluding carboxylic acids is 2. The highest BCUT2D eigenvalue weighted by molar-refractivity contribution is 5.74. The highest BCUT2D eigenvalue weighted by Gasteiger charge is 2.16. The molecule has 0 saturated carbocycles. The Labute approximate surface area is 84.5 Å². The third-order valence-electron chi connectivity index (χ3n) is 1.79. The van der Waals surface area contributed by atoms with Crippen molar-refractivity contribution in [2.24, 2.45) is 5.92 Å². The molecule has 0 bridgehead atoms. The average molecular weight is 202 g/mol. The van der Waals surface area contributed by atoms with E-state index in [1.807, 2.05) is 13.8 Å². The van der Waals surface area contributed by atoms with Crippen LogP contribution in [0, 0.1) is 5.92 Å². The van der Waals surface area contributed by atoms with Crippen LogP contribution < -0.4 is 0 Å². The SMILES string of the molecule is CCCC(=O)OOC(=O)C(C)CCC. The Kier molecular flexibility index (Phi) is 6.80. The molecule has 0 aliphatic heterocycles. The Bertz CT molecular complexity index is 189. The van der Waals surface area contributed by atoms with Gasteiger partial charge in [0.25, 0.3) is 0 Å². The van der Waals surface area contributed by atoms with E-state index in [1.165, 1.54) is 0 Å². The van der Waals surface area contributed by atoms with Crippen LogP contribution in [0.5, 0.6) is 0 Å². The normalized spacial score (nSPS) is 11.9. The first-order valence-corrected chi connectivity index (χ1v) is 5.03. The van der Waals surface area contributed by atoms with E-state index in [0.29, 0.717) is 6.42 Å². The van der Waals surface area contributed by atoms with Crippen molar-refractivity contribution >= 4 is 11.9 Å². The zero-order valence-corrected chi connectivity index (χ0v) is 9.04. The Hall–Kier alpha value is -1.06. The van der Waals surface area contributed by atoms with E-state index >= 15 is 0 Å². The molecule has 0 heterocycles. The van der Waals surface area contributed by atoms with E-state index in [9.17, 15) is 9.59 Å². The maximum atomic E-state index is 11.1. The summed E-state index contributed by atoms with van der Waals surface area (Å²) >= 11 is 0. The summed E-state index contributed by atoms with van der Waals surface area (Å²) in [4.78, 5) is 30.7. The molecule has 1 unspecified atom stereocenters. The van der Waals surface area contributed by atoms with Crippen molar-refractivity contribution in [1.29, 1.82) is 0 Å². The van der Waals surface area contributed by atoms with Crippen molar-refractivity contribution in [3.63, 3.8) is 0 Å². The van der Waals surface area contributed by atoms with Gasteiger partial charge in [-0.25, -0.2) is 19.4 Å². The smallest absolute Gasteiger partial charge is 0.247 e. The summed E-state index contributed by atoms with van der Waals surface area (Å²) < 4.78 is 0. The number of carbonyl (C=O) groups is 2. The second-order valence-electron chi connectivity index (χ2n) is 3.30. The summed E-state index contributed by atoms with van der Waals surface area (Å²) in [6, 6.07) is 0. The predicted octanol–water partition coefficient (Wildman–Crippen LogP) is 2.22. The average Bonchev–Trinajstić information content (AvgIpc) is 2.15. The van der Waals surface area contributed by atoms with Crippen molar-refractivity contribution in [2.75, 3.05) is 0 Å². The summed E-state index contributed by atoms with van der Waals surface area (Å²) in [5.41, 5.74) is 0. The maximum absolute atomic E-state index is 11.1. The van der Waals surface area contributed by atoms with Gasteiger partial charge in [-0.2, -0.15) is 0 Å². The van der Waals surface area contributed by atoms with E-state index < -0.39 is 11.9 Å². The molecular formula is C10H18O4. The third-order valence-corrected chi connectivity index (χ3v) is 1.79. The van der Waals surface area contributed by atoms with Gasteiger partial charge in [0.05, 0.1) is 5.92 Å². The lowest BCUT2D eigenvalue weighted by molar-refractivity contribution is -0.262. The molecule has 82 valence electrons. The minimum atomic E-state index is -0.496. The van der Waals surface area contributed by atoms with Crippen molar-refractivity contribution < 1.29 is 19.4 Å². The van der Waals surface area contributed by atoms with Crippen LogP contribution in [0.4, 0.5) is 0 Å². The molecular weight excluding hydrogens is 184 g/mol. The van der Waals surface area contributed by atoms with E-state index in [-0.39, 0.29) is 12.3 Å². The predicted molar refractivity (Wildman–Crippen MR) is 51.2 cm³/mol. The minimum absolute atomic E-state index is 0.213. The standard InChI is InChI=1S/C10H18O4/c1-4-6-8(3)10(12)14-13-9(11)7-5-2/h8H,4-7H2,1-3H3. The van der Waals surface area contributed by atoms with Crippen molar-refractivity contribution in [1.82, 2.24) is 0 Å². The Morgan fingerprint density at radius 1 is 1.14 bits per heavy atom. The lowest BCUT2D eigenvalue weighted by atomic mass is 10.1. The van der Waals surface area contributed by atoms with Crippen molar-refractivity contribution in [2.45, 2.75) is 46.5 Å². The van der Waals surface area contributed by atoms with Gasteiger partial charge in [0.2, 0.25) is 0 Å². The van der Waals surface area contributed by atoms with E-state index in [1.54, 1.807) is 6.92 Å². The van der Waals surface area contributed by atoms with Gasteiger partial charge < -0.3 is 0 Å². The topological polar surface area (TPSA) is 52.6 Å². The quantitative estimate of drug-likeness (QED) is 0.506. The highest BCUT2D eigenvalue weighted by atomic mass is 17.2. The molecule has 0 amide bonds. The molecule has 0 spiro atoms. The monoisotopic (exact) mass is 202 g/mol. The molecule has 0 aliphatic rings. The van der Waals surface area contributed by atoms with Crippen molar-refractivity contribution in [3.05, 3.63) is 0 Å². The van der Waals surface area contributed by atoms with Gasteiger partial charge in [-0.1, -0.05) is 27.2 Å². The zero-order valence-electron chi connectivity index (χ0n) is 9.04. The minimum Gasteiger partial charge on any atom is -0.247 e. The lowest BCUT2D eigenvalue weighted by Gasteiger charge is -2.07. The molecule has 0 aromatic heterocycles. The Balaban J connectivity index is 3.67. The summed E-state index contributed by atoms with van der Waals surface area (Å²) in [7, 11) is 0.